The van der Waals surface area contributed by atoms with Gasteiger partial charge in [0.15, 0.2) is 0 Å². The molecule has 0 bridgehead atoms. The number of benzene rings is 3. The van der Waals surface area contributed by atoms with Gasteiger partial charge in [-0.3, -0.25) is 0 Å². The van der Waals surface area contributed by atoms with Gasteiger partial charge in [0.1, 0.15) is 0 Å². The lowest BCUT2D eigenvalue weighted by molar-refractivity contribution is 0.594. The van der Waals surface area contributed by atoms with Crippen LogP contribution in [0.3, 0.4) is 0 Å². The van der Waals surface area contributed by atoms with Gasteiger partial charge in [0, 0.05) is 10.4 Å². The third-order valence-corrected chi connectivity index (χ3v) is 4.73. The maximum atomic E-state index is 6.59. The zero-order valence-corrected chi connectivity index (χ0v) is 13.4. The molecule has 1 heteroatoms. The van der Waals surface area contributed by atoms with Gasteiger partial charge < -0.3 is 0 Å². The molecule has 22 heavy (non-hydrogen) atoms. The van der Waals surface area contributed by atoms with E-state index in [9.17, 15) is 0 Å². The van der Waals surface area contributed by atoms with Gasteiger partial charge in [-0.2, -0.15) is 0 Å². The lowest BCUT2D eigenvalue weighted by Gasteiger charge is -2.35. The van der Waals surface area contributed by atoms with Crippen molar-refractivity contribution < 1.29 is 0 Å². The van der Waals surface area contributed by atoms with Gasteiger partial charge >= 0.3 is 0 Å². The number of rotatable bonds is 4. The Bertz CT molecular complexity index is 693. The van der Waals surface area contributed by atoms with Crippen molar-refractivity contribution >= 4 is 11.6 Å². The zero-order valence-electron chi connectivity index (χ0n) is 12.7. The highest BCUT2D eigenvalue weighted by Crippen LogP contribution is 2.44. The van der Waals surface area contributed by atoms with Crippen LogP contribution in [0.1, 0.15) is 30.0 Å². The van der Waals surface area contributed by atoms with Crippen molar-refractivity contribution in [2.45, 2.75) is 18.8 Å². The quantitative estimate of drug-likeness (QED) is 0.512. The zero-order chi connectivity index (χ0) is 15.4. The molecule has 0 saturated carbocycles. The van der Waals surface area contributed by atoms with E-state index in [1.165, 1.54) is 11.1 Å². The lowest BCUT2D eigenvalue weighted by atomic mass is 9.68. The average molecular weight is 307 g/mol. The molecule has 0 aliphatic rings. The van der Waals surface area contributed by atoms with Crippen LogP contribution in [-0.2, 0) is 5.41 Å². The fourth-order valence-corrected chi connectivity index (χ4v) is 3.63. The molecule has 0 aromatic heterocycles. The van der Waals surface area contributed by atoms with Crippen LogP contribution < -0.4 is 0 Å². The van der Waals surface area contributed by atoms with Crippen molar-refractivity contribution in [2.75, 3.05) is 0 Å². The Morgan fingerprint density at radius 2 is 1.14 bits per heavy atom. The first-order valence-electron chi connectivity index (χ1n) is 7.65. The van der Waals surface area contributed by atoms with Crippen molar-refractivity contribution in [1.29, 1.82) is 0 Å². The van der Waals surface area contributed by atoms with Crippen molar-refractivity contribution in [1.82, 2.24) is 0 Å². The van der Waals surface area contributed by atoms with Crippen molar-refractivity contribution in [3.8, 4) is 0 Å². The van der Waals surface area contributed by atoms with E-state index >= 15 is 0 Å². The Balaban J connectivity index is 2.34. The minimum Gasteiger partial charge on any atom is -0.0840 e. The second-order valence-corrected chi connectivity index (χ2v) is 5.88. The average Bonchev–Trinajstić information content (AvgIpc) is 2.59. The molecule has 0 nitrogen and oxygen atoms in total. The molecule has 0 amide bonds. The minimum absolute atomic E-state index is 0.221. The highest BCUT2D eigenvalue weighted by atomic mass is 35.5. The molecule has 0 spiro atoms. The molecule has 0 heterocycles. The normalized spacial score (nSPS) is 11.4. The molecule has 0 fully saturated rings. The van der Waals surface area contributed by atoms with Gasteiger partial charge in [-0.15, -0.1) is 0 Å². The molecule has 0 aliphatic carbocycles. The summed E-state index contributed by atoms with van der Waals surface area (Å²) in [5, 5.41) is 0.817. The molecular weight excluding hydrogens is 288 g/mol. The molecule has 3 rings (SSSR count). The highest BCUT2D eigenvalue weighted by Gasteiger charge is 2.35. The molecule has 0 saturated heterocycles. The topological polar surface area (TPSA) is 0 Å². The molecule has 0 radical (unpaired) electrons. The maximum Gasteiger partial charge on any atom is 0.0463 e. The summed E-state index contributed by atoms with van der Waals surface area (Å²) in [6.07, 6.45) is 0.949. The predicted molar refractivity (Wildman–Crippen MR) is 94.5 cm³/mol. The van der Waals surface area contributed by atoms with Crippen molar-refractivity contribution in [2.24, 2.45) is 0 Å². The van der Waals surface area contributed by atoms with Crippen LogP contribution in [0.4, 0.5) is 0 Å². The Kier molecular flexibility index (Phi) is 4.31. The van der Waals surface area contributed by atoms with Crippen molar-refractivity contribution in [3.05, 3.63) is 107 Å². The summed E-state index contributed by atoms with van der Waals surface area (Å²) < 4.78 is 0. The smallest absolute Gasteiger partial charge is 0.0463 e. The van der Waals surface area contributed by atoms with E-state index in [0.717, 1.165) is 17.0 Å². The summed E-state index contributed by atoms with van der Waals surface area (Å²) in [5.74, 6) is 0. The van der Waals surface area contributed by atoms with E-state index in [1.54, 1.807) is 0 Å². The summed E-state index contributed by atoms with van der Waals surface area (Å²) in [4.78, 5) is 0. The first-order valence-corrected chi connectivity index (χ1v) is 8.03. The fourth-order valence-electron chi connectivity index (χ4n) is 3.33. The van der Waals surface area contributed by atoms with Crippen LogP contribution in [-0.4, -0.2) is 0 Å². The number of hydrogen-bond donors (Lipinski definition) is 0. The fraction of sp³-hybridized carbons (Fsp3) is 0.143. The van der Waals surface area contributed by atoms with Crippen LogP contribution in [0, 0.1) is 0 Å². The minimum atomic E-state index is -0.221. The highest BCUT2D eigenvalue weighted by molar-refractivity contribution is 6.31. The predicted octanol–water partition coefficient (Wildman–Crippen LogP) is 6.08. The van der Waals surface area contributed by atoms with E-state index in [4.69, 9.17) is 11.6 Å². The van der Waals surface area contributed by atoms with Gasteiger partial charge in [-0.25, -0.2) is 0 Å². The largest absolute Gasteiger partial charge is 0.0840 e. The summed E-state index contributed by atoms with van der Waals surface area (Å²) in [6.45, 7) is 2.23. The monoisotopic (exact) mass is 306 g/mol. The molecule has 3 aromatic rings. The molecule has 3 aromatic carbocycles. The van der Waals surface area contributed by atoms with Crippen molar-refractivity contribution in [3.63, 3.8) is 0 Å². The molecule has 0 aliphatic heterocycles. The number of hydrogen-bond acceptors (Lipinski definition) is 0. The van der Waals surface area contributed by atoms with Crippen LogP contribution in [0.5, 0.6) is 0 Å². The van der Waals surface area contributed by atoms with E-state index in [2.05, 4.69) is 79.7 Å². The Labute approximate surface area is 137 Å². The molecule has 0 unspecified atom stereocenters. The Hall–Kier alpha value is -2.05. The second-order valence-electron chi connectivity index (χ2n) is 5.47. The van der Waals surface area contributed by atoms with Gasteiger partial charge in [-0.1, -0.05) is 97.4 Å². The lowest BCUT2D eigenvalue weighted by Crippen LogP contribution is -2.28. The SMILES string of the molecule is CCC(c1ccccc1)(c1ccccc1)c1ccccc1Cl. The second kappa shape index (κ2) is 6.37. The van der Waals surface area contributed by atoms with Gasteiger partial charge in [-0.05, 0) is 29.2 Å². The van der Waals surface area contributed by atoms with Gasteiger partial charge in [0.25, 0.3) is 0 Å². The van der Waals surface area contributed by atoms with E-state index < -0.39 is 0 Å². The van der Waals surface area contributed by atoms with Crippen LogP contribution in [0.2, 0.25) is 5.02 Å². The van der Waals surface area contributed by atoms with E-state index in [-0.39, 0.29) is 5.41 Å². The van der Waals surface area contributed by atoms with Crippen LogP contribution in [0.25, 0.3) is 0 Å². The Morgan fingerprint density at radius 1 is 0.682 bits per heavy atom. The molecule has 110 valence electrons. The summed E-state index contributed by atoms with van der Waals surface area (Å²) in [5.41, 5.74) is 3.49. The number of halogens is 1. The molecule has 0 N–H and O–H groups in total. The maximum absolute atomic E-state index is 6.59. The van der Waals surface area contributed by atoms with Crippen LogP contribution in [0.15, 0.2) is 84.9 Å². The standard InChI is InChI=1S/C21H19Cl/c1-2-21(17-11-5-3-6-12-17,18-13-7-4-8-14-18)19-15-9-10-16-20(19)22/h3-16H,2H2,1H3. The van der Waals surface area contributed by atoms with Gasteiger partial charge in [0.2, 0.25) is 0 Å². The van der Waals surface area contributed by atoms with Crippen LogP contribution >= 0.6 is 11.6 Å². The Morgan fingerprint density at radius 3 is 1.59 bits per heavy atom. The summed E-state index contributed by atoms with van der Waals surface area (Å²) in [6, 6.07) is 29.5. The summed E-state index contributed by atoms with van der Waals surface area (Å²) >= 11 is 6.59. The van der Waals surface area contributed by atoms with Gasteiger partial charge in [0.05, 0.1) is 0 Å². The summed E-state index contributed by atoms with van der Waals surface area (Å²) in [7, 11) is 0. The molecular formula is C21H19Cl. The van der Waals surface area contributed by atoms with E-state index in [0.29, 0.717) is 0 Å². The first kappa shape index (κ1) is 14.9. The third-order valence-electron chi connectivity index (χ3n) is 4.40. The third kappa shape index (κ3) is 2.44. The first-order chi connectivity index (χ1) is 10.8. The van der Waals surface area contributed by atoms with E-state index in [1.807, 2.05) is 12.1 Å². The molecule has 0 atom stereocenters.